The molecule has 2 N–H and O–H groups in total. The Bertz CT molecular complexity index is 1120. The summed E-state index contributed by atoms with van der Waals surface area (Å²) in [5.41, 5.74) is 2.25. The molecular weight excluding hydrogens is 446 g/mol. The zero-order valence-electron chi connectivity index (χ0n) is 20.1. The van der Waals surface area contributed by atoms with Crippen LogP contribution < -0.4 is 5.32 Å². The van der Waals surface area contributed by atoms with E-state index in [0.29, 0.717) is 23.8 Å². The number of carbonyl (C=O) groups excluding carboxylic acids is 1. The average Bonchev–Trinajstić information content (AvgIpc) is 3.47. The molecule has 0 saturated heterocycles. The van der Waals surface area contributed by atoms with Crippen molar-refractivity contribution >= 4 is 34.2 Å². The summed E-state index contributed by atoms with van der Waals surface area (Å²) in [6.07, 6.45) is 7.95. The van der Waals surface area contributed by atoms with E-state index in [1.165, 1.54) is 11.3 Å². The van der Waals surface area contributed by atoms with Gasteiger partial charge in [0.2, 0.25) is 0 Å². The Balaban J connectivity index is 1.56. The van der Waals surface area contributed by atoms with E-state index < -0.39 is 12.0 Å². The number of fused-ring (bicyclic) bond motifs is 1. The van der Waals surface area contributed by atoms with Gasteiger partial charge in [-0.15, -0.1) is 11.3 Å². The van der Waals surface area contributed by atoms with Crippen LogP contribution in [-0.2, 0) is 17.8 Å². The van der Waals surface area contributed by atoms with E-state index in [2.05, 4.69) is 41.2 Å². The van der Waals surface area contributed by atoms with Gasteiger partial charge in [-0.3, -0.25) is 4.79 Å². The third kappa shape index (κ3) is 5.87. The predicted molar refractivity (Wildman–Crippen MR) is 136 cm³/mol. The van der Waals surface area contributed by atoms with Gasteiger partial charge < -0.3 is 15.0 Å². The van der Waals surface area contributed by atoms with E-state index in [1.807, 2.05) is 6.07 Å². The van der Waals surface area contributed by atoms with Crippen molar-refractivity contribution in [2.45, 2.75) is 77.8 Å². The molecule has 7 heteroatoms. The van der Waals surface area contributed by atoms with Crippen molar-refractivity contribution in [3.63, 3.8) is 0 Å². The number of benzene rings is 1. The van der Waals surface area contributed by atoms with Crippen molar-refractivity contribution in [3.05, 3.63) is 52.0 Å². The molecule has 0 spiro atoms. The Kier molecular flexibility index (Phi) is 8.03. The maximum absolute atomic E-state index is 13.0. The van der Waals surface area contributed by atoms with E-state index in [9.17, 15) is 14.7 Å². The van der Waals surface area contributed by atoms with Crippen LogP contribution >= 0.6 is 11.3 Å². The number of aromatic nitrogens is 2. The molecule has 1 saturated carbocycles. The highest BCUT2D eigenvalue weighted by Gasteiger charge is 2.26. The Morgan fingerprint density at radius 1 is 1.24 bits per heavy atom. The molecule has 1 amide bonds. The van der Waals surface area contributed by atoms with Gasteiger partial charge in [-0.1, -0.05) is 58.4 Å². The third-order valence-corrected chi connectivity index (χ3v) is 7.97. The molecule has 0 bridgehead atoms. The fourth-order valence-electron chi connectivity index (χ4n) is 4.89. The lowest BCUT2D eigenvalue weighted by molar-refractivity contribution is -0.139. The summed E-state index contributed by atoms with van der Waals surface area (Å²) in [4.78, 5) is 31.0. The maximum atomic E-state index is 13.0. The Labute approximate surface area is 205 Å². The summed E-state index contributed by atoms with van der Waals surface area (Å²) in [5, 5.41) is 14.6. The van der Waals surface area contributed by atoms with Crippen molar-refractivity contribution in [2.24, 2.45) is 11.8 Å². The maximum Gasteiger partial charge on any atom is 0.326 e. The lowest BCUT2D eigenvalue weighted by atomic mass is 9.85. The first-order valence-electron chi connectivity index (χ1n) is 12.5. The van der Waals surface area contributed by atoms with E-state index in [4.69, 9.17) is 4.98 Å². The van der Waals surface area contributed by atoms with Gasteiger partial charge in [0.1, 0.15) is 11.9 Å². The predicted octanol–water partition coefficient (Wildman–Crippen LogP) is 5.89. The number of carboxylic acids is 1. The molecule has 2 heterocycles. The van der Waals surface area contributed by atoms with Crippen LogP contribution in [0.2, 0.25) is 0 Å². The largest absolute Gasteiger partial charge is 0.480 e. The molecule has 0 aliphatic heterocycles. The molecule has 3 aromatic rings. The van der Waals surface area contributed by atoms with Crippen LogP contribution in [0.15, 0.2) is 35.7 Å². The number of nitrogens with zero attached hydrogens (tertiary/aromatic N) is 2. The smallest absolute Gasteiger partial charge is 0.326 e. The van der Waals surface area contributed by atoms with Gasteiger partial charge >= 0.3 is 5.97 Å². The fraction of sp³-hybridized carbons (Fsp3) is 0.519. The number of carbonyl (C=O) groups is 2. The molecule has 1 aliphatic rings. The number of imidazole rings is 1. The minimum absolute atomic E-state index is 0.346. The highest BCUT2D eigenvalue weighted by Crippen LogP contribution is 2.28. The van der Waals surface area contributed by atoms with Crippen LogP contribution in [0, 0.1) is 11.8 Å². The minimum atomic E-state index is -0.962. The molecular formula is C27H35N3O3S. The molecule has 1 aromatic carbocycles. The Morgan fingerprint density at radius 2 is 2.03 bits per heavy atom. The lowest BCUT2D eigenvalue weighted by Gasteiger charge is -2.25. The van der Waals surface area contributed by atoms with Crippen molar-refractivity contribution in [3.8, 4) is 0 Å². The summed E-state index contributed by atoms with van der Waals surface area (Å²) in [5.74, 6) is 0.570. The number of amides is 1. The van der Waals surface area contributed by atoms with Crippen LogP contribution in [0.3, 0.4) is 0 Å². The molecule has 34 heavy (non-hydrogen) atoms. The lowest BCUT2D eigenvalue weighted by Crippen LogP contribution is -2.42. The number of aliphatic carboxylic acids is 1. The van der Waals surface area contributed by atoms with Crippen LogP contribution in [0.25, 0.3) is 11.0 Å². The number of hydrogen-bond acceptors (Lipinski definition) is 4. The zero-order valence-corrected chi connectivity index (χ0v) is 20.9. The second-order valence-electron chi connectivity index (χ2n) is 9.72. The van der Waals surface area contributed by atoms with Crippen LogP contribution in [0.5, 0.6) is 0 Å². The third-order valence-electron chi connectivity index (χ3n) is 7.09. The second kappa shape index (κ2) is 11.2. The number of carboxylic acid groups (broad SMARTS) is 1. The normalized spacial score (nSPS) is 16.4. The van der Waals surface area contributed by atoms with Crippen molar-refractivity contribution in [1.29, 1.82) is 0 Å². The van der Waals surface area contributed by atoms with Gasteiger partial charge in [0, 0.05) is 23.4 Å². The molecule has 0 radical (unpaired) electrons. The van der Waals surface area contributed by atoms with Gasteiger partial charge in [0.15, 0.2) is 0 Å². The first kappa shape index (κ1) is 24.5. The van der Waals surface area contributed by atoms with E-state index in [-0.39, 0.29) is 5.91 Å². The molecule has 2 aromatic heterocycles. The first-order valence-corrected chi connectivity index (χ1v) is 13.4. The van der Waals surface area contributed by atoms with Gasteiger partial charge in [-0.25, -0.2) is 9.78 Å². The molecule has 1 unspecified atom stereocenters. The van der Waals surface area contributed by atoms with E-state index in [1.54, 1.807) is 23.5 Å². The second-order valence-corrected chi connectivity index (χ2v) is 10.7. The molecule has 4 rings (SSSR count). The first-order chi connectivity index (χ1) is 16.4. The number of nitrogens with one attached hydrogen (secondary N) is 1. The summed E-state index contributed by atoms with van der Waals surface area (Å²) < 4.78 is 2.27. The molecule has 1 fully saturated rings. The average molecular weight is 482 g/mol. The Hall–Kier alpha value is -2.67. The van der Waals surface area contributed by atoms with E-state index >= 15 is 0 Å². The standard InChI is InChI=1S/C27H35N3O3S/c1-3-18(2)17-30-24-12-11-20(15-22(24)28-25(30)16-21-10-7-13-34-21)26(31)29-23(27(32)33)14-19-8-5-4-6-9-19/h7,10-13,15,18-19,23H,3-6,8-9,14,16-17H2,1-2H3,(H,29,31)(H,32,33)/t18?,23-/m0/s1. The summed E-state index contributed by atoms with van der Waals surface area (Å²) >= 11 is 1.72. The molecule has 182 valence electrons. The molecule has 6 nitrogen and oxygen atoms in total. The van der Waals surface area contributed by atoms with Crippen molar-refractivity contribution < 1.29 is 14.7 Å². The minimum Gasteiger partial charge on any atom is -0.480 e. The van der Waals surface area contributed by atoms with Crippen LogP contribution in [0.4, 0.5) is 0 Å². The van der Waals surface area contributed by atoms with Gasteiger partial charge in [0.25, 0.3) is 5.91 Å². The van der Waals surface area contributed by atoms with Crippen LogP contribution in [-0.4, -0.2) is 32.6 Å². The van der Waals surface area contributed by atoms with Crippen LogP contribution in [0.1, 0.15) is 79.9 Å². The van der Waals surface area contributed by atoms with Crippen molar-refractivity contribution in [1.82, 2.24) is 14.9 Å². The Morgan fingerprint density at radius 3 is 2.71 bits per heavy atom. The van der Waals surface area contributed by atoms with Gasteiger partial charge in [0.05, 0.1) is 11.0 Å². The van der Waals surface area contributed by atoms with Crippen molar-refractivity contribution in [2.75, 3.05) is 0 Å². The highest BCUT2D eigenvalue weighted by atomic mass is 32.1. The van der Waals surface area contributed by atoms with Gasteiger partial charge in [-0.05, 0) is 47.9 Å². The summed E-state index contributed by atoms with van der Waals surface area (Å²) in [6.45, 7) is 5.31. The monoisotopic (exact) mass is 481 g/mol. The van der Waals surface area contributed by atoms with Gasteiger partial charge in [-0.2, -0.15) is 0 Å². The summed E-state index contributed by atoms with van der Waals surface area (Å²) in [6, 6.07) is 8.86. The topological polar surface area (TPSA) is 84.2 Å². The number of rotatable bonds is 10. The molecule has 1 aliphatic carbocycles. The molecule has 2 atom stereocenters. The SMILES string of the molecule is CCC(C)Cn1c(Cc2cccs2)nc2cc(C(=O)N[C@@H](CC3CCCCC3)C(=O)O)ccc21. The van der Waals surface area contributed by atoms with E-state index in [0.717, 1.165) is 61.9 Å². The number of hydrogen-bond donors (Lipinski definition) is 2. The summed E-state index contributed by atoms with van der Waals surface area (Å²) in [7, 11) is 0. The highest BCUT2D eigenvalue weighted by molar-refractivity contribution is 7.09. The number of thiophene rings is 1. The fourth-order valence-corrected chi connectivity index (χ4v) is 5.59. The zero-order chi connectivity index (χ0) is 24.1. The quantitative estimate of drug-likeness (QED) is 0.378.